The van der Waals surface area contributed by atoms with E-state index >= 15 is 0 Å². The molecule has 24 heavy (non-hydrogen) atoms. The van der Waals surface area contributed by atoms with Crippen LogP contribution in [-0.4, -0.2) is 12.6 Å². The van der Waals surface area contributed by atoms with Crippen molar-refractivity contribution in [2.75, 3.05) is 11.9 Å². The molecule has 0 heterocycles. The molecule has 5 heteroatoms. The van der Waals surface area contributed by atoms with Gasteiger partial charge >= 0.3 is 6.03 Å². The normalized spacial score (nSPS) is 10.3. The fourth-order valence-corrected chi connectivity index (χ4v) is 2.15. The van der Waals surface area contributed by atoms with Gasteiger partial charge in [0.1, 0.15) is 11.6 Å². The number of halogens is 1. The Bertz CT molecular complexity index is 672. The highest BCUT2D eigenvalue weighted by atomic mass is 19.1. The first-order valence-electron chi connectivity index (χ1n) is 8.11. The van der Waals surface area contributed by atoms with Crippen LogP contribution in [0.2, 0.25) is 0 Å². The summed E-state index contributed by atoms with van der Waals surface area (Å²) in [6.07, 6.45) is 2.10. The molecular formula is C19H23FN2O2. The fraction of sp³-hybridized carbons (Fsp3) is 0.316. The molecule has 0 fully saturated rings. The number of amides is 2. The number of unbranched alkanes of at least 4 members (excludes halogenated alkanes) is 1. The number of ether oxygens (including phenoxy) is 1. The Hall–Kier alpha value is -2.56. The Morgan fingerprint density at radius 2 is 1.92 bits per heavy atom. The predicted molar refractivity (Wildman–Crippen MR) is 93.8 cm³/mol. The molecule has 0 aliphatic heterocycles. The van der Waals surface area contributed by atoms with Crippen molar-refractivity contribution < 1.29 is 13.9 Å². The van der Waals surface area contributed by atoms with Crippen molar-refractivity contribution >= 4 is 11.7 Å². The maximum absolute atomic E-state index is 13.2. The summed E-state index contributed by atoms with van der Waals surface area (Å²) in [4.78, 5) is 11.9. The fourth-order valence-electron chi connectivity index (χ4n) is 2.15. The van der Waals surface area contributed by atoms with Crippen LogP contribution >= 0.6 is 0 Å². The van der Waals surface area contributed by atoms with Crippen molar-refractivity contribution in [3.8, 4) is 5.75 Å². The van der Waals surface area contributed by atoms with Gasteiger partial charge in [-0.2, -0.15) is 0 Å². The van der Waals surface area contributed by atoms with E-state index in [4.69, 9.17) is 4.74 Å². The first-order valence-corrected chi connectivity index (χ1v) is 8.11. The standard InChI is InChI=1S/C19H23FN2O2/c1-3-4-11-24-18-9-7-17(8-10-18)22-19(23)21-13-15-12-16(20)6-5-14(15)2/h5-10,12H,3-4,11,13H2,1-2H3,(H2,21,22,23). The molecule has 128 valence electrons. The SMILES string of the molecule is CCCCOc1ccc(NC(=O)NCc2cc(F)ccc2C)cc1. The van der Waals surface area contributed by atoms with Gasteiger partial charge in [0.25, 0.3) is 0 Å². The highest BCUT2D eigenvalue weighted by Gasteiger charge is 2.05. The van der Waals surface area contributed by atoms with Crippen LogP contribution in [0.3, 0.4) is 0 Å². The van der Waals surface area contributed by atoms with Gasteiger partial charge in [0.15, 0.2) is 0 Å². The summed E-state index contributed by atoms with van der Waals surface area (Å²) < 4.78 is 18.8. The number of benzene rings is 2. The van der Waals surface area contributed by atoms with Crippen molar-refractivity contribution in [2.45, 2.75) is 33.2 Å². The van der Waals surface area contributed by atoms with E-state index in [0.717, 1.165) is 29.7 Å². The summed E-state index contributed by atoms with van der Waals surface area (Å²) in [6.45, 7) is 4.95. The molecule has 0 saturated heterocycles. The molecule has 0 aliphatic rings. The van der Waals surface area contributed by atoms with E-state index in [-0.39, 0.29) is 18.4 Å². The maximum Gasteiger partial charge on any atom is 0.319 e. The molecule has 0 spiro atoms. The zero-order chi connectivity index (χ0) is 17.4. The summed E-state index contributed by atoms with van der Waals surface area (Å²) >= 11 is 0. The molecule has 2 aromatic rings. The highest BCUT2D eigenvalue weighted by molar-refractivity contribution is 5.89. The Kier molecular flexibility index (Phi) is 6.61. The van der Waals surface area contributed by atoms with Crippen LogP contribution < -0.4 is 15.4 Å². The number of hydrogen-bond acceptors (Lipinski definition) is 2. The van der Waals surface area contributed by atoms with Gasteiger partial charge in [0, 0.05) is 12.2 Å². The Labute approximate surface area is 142 Å². The zero-order valence-corrected chi connectivity index (χ0v) is 14.1. The van der Waals surface area contributed by atoms with Crippen molar-refractivity contribution in [3.05, 3.63) is 59.4 Å². The van der Waals surface area contributed by atoms with Crippen LogP contribution in [0, 0.1) is 12.7 Å². The summed E-state index contributed by atoms with van der Waals surface area (Å²) in [5.41, 5.74) is 2.36. The Balaban J connectivity index is 1.82. The lowest BCUT2D eigenvalue weighted by atomic mass is 10.1. The lowest BCUT2D eigenvalue weighted by molar-refractivity contribution is 0.251. The molecule has 0 bridgehead atoms. The summed E-state index contributed by atoms with van der Waals surface area (Å²) in [7, 11) is 0. The minimum Gasteiger partial charge on any atom is -0.494 e. The average molecular weight is 330 g/mol. The molecule has 2 aromatic carbocycles. The highest BCUT2D eigenvalue weighted by Crippen LogP contribution is 2.16. The number of hydrogen-bond donors (Lipinski definition) is 2. The van der Waals surface area contributed by atoms with Crippen LogP contribution in [0.4, 0.5) is 14.9 Å². The van der Waals surface area contributed by atoms with Crippen LogP contribution in [0.5, 0.6) is 5.75 Å². The molecule has 0 saturated carbocycles. The minimum absolute atomic E-state index is 0.271. The second-order valence-corrected chi connectivity index (χ2v) is 5.60. The van der Waals surface area contributed by atoms with Crippen molar-refractivity contribution in [1.29, 1.82) is 0 Å². The molecule has 0 unspecified atom stereocenters. The van der Waals surface area contributed by atoms with Crippen LogP contribution in [0.1, 0.15) is 30.9 Å². The topological polar surface area (TPSA) is 50.4 Å². The number of carbonyl (C=O) groups is 1. The second-order valence-electron chi connectivity index (χ2n) is 5.60. The summed E-state index contributed by atoms with van der Waals surface area (Å²) in [6, 6.07) is 11.4. The van der Waals surface area contributed by atoms with E-state index in [2.05, 4.69) is 17.6 Å². The van der Waals surface area contributed by atoms with E-state index in [1.165, 1.54) is 12.1 Å². The number of aryl methyl sites for hydroxylation is 1. The Morgan fingerprint density at radius 3 is 2.62 bits per heavy atom. The molecule has 2 amide bonds. The van der Waals surface area contributed by atoms with E-state index in [1.54, 1.807) is 18.2 Å². The van der Waals surface area contributed by atoms with Crippen LogP contribution in [-0.2, 0) is 6.54 Å². The Morgan fingerprint density at radius 1 is 1.17 bits per heavy atom. The van der Waals surface area contributed by atoms with Gasteiger partial charge in [-0.3, -0.25) is 0 Å². The largest absolute Gasteiger partial charge is 0.494 e. The lowest BCUT2D eigenvalue weighted by Crippen LogP contribution is -2.28. The quantitative estimate of drug-likeness (QED) is 0.727. The molecule has 0 aliphatic carbocycles. The number of anilines is 1. The van der Waals surface area contributed by atoms with Gasteiger partial charge in [0.05, 0.1) is 6.61 Å². The summed E-state index contributed by atoms with van der Waals surface area (Å²) in [5, 5.41) is 5.47. The molecular weight excluding hydrogens is 307 g/mol. The molecule has 2 rings (SSSR count). The smallest absolute Gasteiger partial charge is 0.319 e. The predicted octanol–water partition coefficient (Wildman–Crippen LogP) is 4.63. The third kappa shape index (κ3) is 5.57. The molecule has 2 N–H and O–H groups in total. The maximum atomic E-state index is 13.2. The van der Waals surface area contributed by atoms with Crippen LogP contribution in [0.15, 0.2) is 42.5 Å². The van der Waals surface area contributed by atoms with Crippen molar-refractivity contribution in [1.82, 2.24) is 5.32 Å². The van der Waals surface area contributed by atoms with Crippen LogP contribution in [0.25, 0.3) is 0 Å². The van der Waals surface area contributed by atoms with Gasteiger partial charge in [0.2, 0.25) is 0 Å². The van der Waals surface area contributed by atoms with E-state index in [1.807, 2.05) is 19.1 Å². The average Bonchev–Trinajstić information content (AvgIpc) is 2.57. The number of carbonyl (C=O) groups excluding carboxylic acids is 1. The van der Waals surface area contributed by atoms with E-state index < -0.39 is 0 Å². The number of urea groups is 1. The lowest BCUT2D eigenvalue weighted by Gasteiger charge is -2.10. The van der Waals surface area contributed by atoms with E-state index in [9.17, 15) is 9.18 Å². The van der Waals surface area contributed by atoms with Gasteiger partial charge in [-0.25, -0.2) is 9.18 Å². The van der Waals surface area contributed by atoms with Gasteiger partial charge in [-0.1, -0.05) is 19.4 Å². The third-order valence-electron chi connectivity index (χ3n) is 3.63. The molecule has 0 radical (unpaired) electrons. The molecule has 0 aromatic heterocycles. The van der Waals surface area contributed by atoms with Crippen molar-refractivity contribution in [3.63, 3.8) is 0 Å². The van der Waals surface area contributed by atoms with Gasteiger partial charge in [-0.05, 0) is 60.9 Å². The zero-order valence-electron chi connectivity index (χ0n) is 14.1. The first kappa shape index (κ1) is 17.8. The summed E-state index contributed by atoms with van der Waals surface area (Å²) in [5.74, 6) is 0.473. The number of rotatable bonds is 7. The van der Waals surface area contributed by atoms with Gasteiger partial charge in [-0.15, -0.1) is 0 Å². The monoisotopic (exact) mass is 330 g/mol. The second kappa shape index (κ2) is 8.91. The molecule has 4 nitrogen and oxygen atoms in total. The minimum atomic E-state index is -0.335. The van der Waals surface area contributed by atoms with Crippen molar-refractivity contribution in [2.24, 2.45) is 0 Å². The number of nitrogens with one attached hydrogen (secondary N) is 2. The molecule has 0 atom stereocenters. The van der Waals surface area contributed by atoms with E-state index in [0.29, 0.717) is 12.3 Å². The first-order chi connectivity index (χ1) is 11.6. The third-order valence-corrected chi connectivity index (χ3v) is 3.63. The van der Waals surface area contributed by atoms with Gasteiger partial charge < -0.3 is 15.4 Å².